The highest BCUT2D eigenvalue weighted by Crippen LogP contribution is 2.48. The fourth-order valence-electron chi connectivity index (χ4n) is 3.63. The zero-order valence-electron chi connectivity index (χ0n) is 14.3. The number of carbonyl (C=O) groups excluding carboxylic acids is 2. The first-order chi connectivity index (χ1) is 12.0. The van der Waals surface area contributed by atoms with Gasteiger partial charge in [0.05, 0.1) is 5.41 Å². The summed E-state index contributed by atoms with van der Waals surface area (Å²) in [7, 11) is 1.82. The number of aryl methyl sites for hydroxylation is 1. The molecule has 0 radical (unpaired) electrons. The van der Waals surface area contributed by atoms with Crippen molar-refractivity contribution in [2.45, 2.75) is 32.1 Å². The molecule has 2 aliphatic rings. The van der Waals surface area contributed by atoms with Gasteiger partial charge in [-0.2, -0.15) is 0 Å². The first kappa shape index (κ1) is 15.8. The predicted octanol–water partition coefficient (Wildman–Crippen LogP) is 2.47. The van der Waals surface area contributed by atoms with E-state index in [0.29, 0.717) is 12.8 Å². The second kappa shape index (κ2) is 5.69. The smallest absolute Gasteiger partial charge is 0.227 e. The molecular weight excluding hydrogens is 314 g/mol. The Balaban J connectivity index is 1.64. The summed E-state index contributed by atoms with van der Waals surface area (Å²) in [4.78, 5) is 29.5. The molecule has 1 saturated carbocycles. The first-order valence-corrected chi connectivity index (χ1v) is 8.62. The standard InChI is InChI=1S/C20H21N3O2/c1-23-17-4-2-14(9-15(17)3-5-18(23)24)16-8-13(11-22-12-16)10-20(6-7-20)19(21)25/h2,4,8-9,11-12H,3,5-7,10H2,1H3,(H2,21,25). The molecule has 1 aliphatic carbocycles. The Morgan fingerprint density at radius 1 is 1.20 bits per heavy atom. The summed E-state index contributed by atoms with van der Waals surface area (Å²) in [6.45, 7) is 0. The number of fused-ring (bicyclic) bond motifs is 1. The van der Waals surface area contributed by atoms with E-state index >= 15 is 0 Å². The maximum absolute atomic E-state index is 11.8. The molecule has 1 aromatic carbocycles. The Hall–Kier alpha value is -2.69. The molecule has 1 aliphatic heterocycles. The topological polar surface area (TPSA) is 76.3 Å². The molecule has 2 N–H and O–H groups in total. The van der Waals surface area contributed by atoms with Crippen LogP contribution in [0.25, 0.3) is 11.1 Å². The number of primary amides is 1. The van der Waals surface area contributed by atoms with Crippen LogP contribution in [0, 0.1) is 5.41 Å². The van der Waals surface area contributed by atoms with Crippen molar-refractivity contribution in [3.8, 4) is 11.1 Å². The van der Waals surface area contributed by atoms with Crippen molar-refractivity contribution in [1.29, 1.82) is 0 Å². The third-order valence-electron chi connectivity index (χ3n) is 5.47. The number of benzene rings is 1. The highest BCUT2D eigenvalue weighted by Gasteiger charge is 2.48. The van der Waals surface area contributed by atoms with E-state index < -0.39 is 0 Å². The molecule has 0 spiro atoms. The van der Waals surface area contributed by atoms with Crippen LogP contribution in [0.15, 0.2) is 36.7 Å². The van der Waals surface area contributed by atoms with Gasteiger partial charge in [0.2, 0.25) is 11.8 Å². The molecule has 25 heavy (non-hydrogen) atoms. The van der Waals surface area contributed by atoms with Gasteiger partial charge in [-0.05, 0) is 60.6 Å². The van der Waals surface area contributed by atoms with Crippen LogP contribution in [0.3, 0.4) is 0 Å². The summed E-state index contributed by atoms with van der Waals surface area (Å²) < 4.78 is 0. The number of nitrogens with zero attached hydrogens (tertiary/aromatic N) is 2. The Morgan fingerprint density at radius 3 is 2.72 bits per heavy atom. The van der Waals surface area contributed by atoms with E-state index in [1.165, 1.54) is 5.56 Å². The van der Waals surface area contributed by atoms with Crippen molar-refractivity contribution in [3.63, 3.8) is 0 Å². The number of pyridine rings is 1. The van der Waals surface area contributed by atoms with Gasteiger partial charge < -0.3 is 10.6 Å². The van der Waals surface area contributed by atoms with E-state index in [1.807, 2.05) is 31.6 Å². The lowest BCUT2D eigenvalue weighted by molar-refractivity contribution is -0.123. The van der Waals surface area contributed by atoms with Gasteiger partial charge in [-0.1, -0.05) is 6.07 Å². The van der Waals surface area contributed by atoms with Crippen LogP contribution in [-0.2, 0) is 22.4 Å². The summed E-state index contributed by atoms with van der Waals surface area (Å²) in [6.07, 6.45) is 7.36. The minimum atomic E-state index is -0.362. The monoisotopic (exact) mass is 335 g/mol. The Kier molecular flexibility index (Phi) is 3.60. The van der Waals surface area contributed by atoms with Crippen molar-refractivity contribution in [1.82, 2.24) is 4.98 Å². The van der Waals surface area contributed by atoms with E-state index in [4.69, 9.17) is 5.73 Å². The number of amides is 2. The molecule has 2 heterocycles. The van der Waals surface area contributed by atoms with Crippen molar-refractivity contribution < 1.29 is 9.59 Å². The highest BCUT2D eigenvalue weighted by atomic mass is 16.2. The number of nitrogens with two attached hydrogens (primary N) is 1. The summed E-state index contributed by atoms with van der Waals surface area (Å²) in [5.74, 6) is -0.0514. The van der Waals surface area contributed by atoms with Gasteiger partial charge >= 0.3 is 0 Å². The summed E-state index contributed by atoms with van der Waals surface area (Å²) in [6, 6.07) is 8.26. The van der Waals surface area contributed by atoms with Crippen molar-refractivity contribution in [2.24, 2.45) is 11.1 Å². The van der Waals surface area contributed by atoms with Crippen LogP contribution >= 0.6 is 0 Å². The molecule has 128 valence electrons. The molecule has 4 rings (SSSR count). The first-order valence-electron chi connectivity index (χ1n) is 8.62. The quantitative estimate of drug-likeness (QED) is 0.932. The minimum Gasteiger partial charge on any atom is -0.369 e. The third kappa shape index (κ3) is 2.80. The van der Waals surface area contributed by atoms with Crippen molar-refractivity contribution in [3.05, 3.63) is 47.8 Å². The van der Waals surface area contributed by atoms with Gasteiger partial charge in [0.1, 0.15) is 0 Å². The molecule has 0 unspecified atom stereocenters. The average Bonchev–Trinajstić information content (AvgIpc) is 3.39. The lowest BCUT2D eigenvalue weighted by Gasteiger charge is -2.26. The van der Waals surface area contributed by atoms with Gasteiger partial charge in [-0.25, -0.2) is 0 Å². The zero-order chi connectivity index (χ0) is 17.6. The molecular formula is C20H21N3O2. The number of hydrogen-bond donors (Lipinski definition) is 1. The van der Waals surface area contributed by atoms with Crippen molar-refractivity contribution in [2.75, 3.05) is 11.9 Å². The Bertz CT molecular complexity index is 871. The molecule has 0 atom stereocenters. The minimum absolute atomic E-state index is 0.157. The number of anilines is 1. The third-order valence-corrected chi connectivity index (χ3v) is 5.47. The van der Waals surface area contributed by atoms with Gasteiger partial charge in [-0.3, -0.25) is 14.6 Å². The maximum atomic E-state index is 11.8. The lowest BCUT2D eigenvalue weighted by Crippen LogP contribution is -2.30. The van der Waals surface area contributed by atoms with E-state index in [0.717, 1.165) is 41.6 Å². The zero-order valence-corrected chi connectivity index (χ0v) is 14.3. The maximum Gasteiger partial charge on any atom is 0.227 e. The molecule has 0 saturated heterocycles. The van der Waals surface area contributed by atoms with Gasteiger partial charge in [0.15, 0.2) is 0 Å². The SMILES string of the molecule is CN1C(=O)CCc2cc(-c3cncc(CC4(C(N)=O)CC4)c3)ccc21. The number of carbonyl (C=O) groups is 2. The Labute approximate surface area is 146 Å². The van der Waals surface area contributed by atoms with E-state index in [-0.39, 0.29) is 17.2 Å². The normalized spacial score (nSPS) is 18.0. The van der Waals surface area contributed by atoms with Crippen LogP contribution in [0.2, 0.25) is 0 Å². The van der Waals surface area contributed by atoms with E-state index in [9.17, 15) is 9.59 Å². The molecule has 1 fully saturated rings. The van der Waals surface area contributed by atoms with Crippen LogP contribution in [0.1, 0.15) is 30.4 Å². The molecule has 5 nitrogen and oxygen atoms in total. The van der Waals surface area contributed by atoms with Crippen LogP contribution in [0.4, 0.5) is 5.69 Å². The fourth-order valence-corrected chi connectivity index (χ4v) is 3.63. The largest absolute Gasteiger partial charge is 0.369 e. The van der Waals surface area contributed by atoms with Gasteiger partial charge in [0, 0.05) is 37.1 Å². The molecule has 2 aromatic rings. The van der Waals surface area contributed by atoms with Crippen LogP contribution < -0.4 is 10.6 Å². The number of hydrogen-bond acceptors (Lipinski definition) is 3. The van der Waals surface area contributed by atoms with E-state index in [1.54, 1.807) is 4.90 Å². The van der Waals surface area contributed by atoms with E-state index in [2.05, 4.69) is 17.1 Å². The lowest BCUT2D eigenvalue weighted by atomic mass is 9.93. The number of rotatable bonds is 4. The average molecular weight is 335 g/mol. The highest BCUT2D eigenvalue weighted by molar-refractivity contribution is 5.96. The van der Waals surface area contributed by atoms with Gasteiger partial charge in [0.25, 0.3) is 0 Å². The second-order valence-electron chi connectivity index (χ2n) is 7.20. The van der Waals surface area contributed by atoms with Crippen LogP contribution in [0.5, 0.6) is 0 Å². The predicted molar refractivity (Wildman–Crippen MR) is 96.0 cm³/mol. The fraction of sp³-hybridized carbons (Fsp3) is 0.350. The van der Waals surface area contributed by atoms with Gasteiger partial charge in [-0.15, -0.1) is 0 Å². The molecule has 5 heteroatoms. The van der Waals surface area contributed by atoms with Crippen LogP contribution in [-0.4, -0.2) is 23.8 Å². The molecule has 0 bridgehead atoms. The summed E-state index contributed by atoms with van der Waals surface area (Å²) >= 11 is 0. The Morgan fingerprint density at radius 2 is 2.00 bits per heavy atom. The molecule has 1 aromatic heterocycles. The number of aromatic nitrogens is 1. The molecule has 2 amide bonds. The second-order valence-corrected chi connectivity index (χ2v) is 7.20. The van der Waals surface area contributed by atoms with Crippen molar-refractivity contribution >= 4 is 17.5 Å². The summed E-state index contributed by atoms with van der Waals surface area (Å²) in [5.41, 5.74) is 10.5. The summed E-state index contributed by atoms with van der Waals surface area (Å²) in [5, 5.41) is 0.